The van der Waals surface area contributed by atoms with Crippen LogP contribution in [-0.2, 0) is 16.1 Å². The maximum atomic E-state index is 11.5. The number of rotatable bonds is 10. The first-order valence-electron chi connectivity index (χ1n) is 11.6. The lowest BCUT2D eigenvalue weighted by molar-refractivity contribution is -0.118. The number of carbonyl (C=O) groups is 2. The average molecular weight is 504 g/mol. The number of ether oxygens (including phenoxy) is 3. The van der Waals surface area contributed by atoms with Crippen LogP contribution in [0.3, 0.4) is 0 Å². The van der Waals surface area contributed by atoms with E-state index < -0.39 is 5.60 Å². The number of hydrogen-bond donors (Lipinski definition) is 2. The van der Waals surface area contributed by atoms with Gasteiger partial charge in [0.25, 0.3) is 0 Å². The molecule has 2 aromatic carbocycles. The van der Waals surface area contributed by atoms with Gasteiger partial charge in [0, 0.05) is 31.2 Å². The molecule has 0 saturated carbocycles. The van der Waals surface area contributed by atoms with E-state index in [9.17, 15) is 14.7 Å². The predicted molar refractivity (Wildman–Crippen MR) is 130 cm³/mol. The number of aliphatic hydroxyl groups is 1. The quantitative estimate of drug-likeness (QED) is 0.379. The Kier molecular flexibility index (Phi) is 8.46. The molecule has 35 heavy (non-hydrogen) atoms. The van der Waals surface area contributed by atoms with Crippen molar-refractivity contribution in [3.63, 3.8) is 0 Å². The third-order valence-corrected chi connectivity index (χ3v) is 6.05. The van der Waals surface area contributed by atoms with Gasteiger partial charge in [-0.2, -0.15) is 0 Å². The Labute approximate surface area is 209 Å². The van der Waals surface area contributed by atoms with Crippen LogP contribution in [0.25, 0.3) is 0 Å². The lowest BCUT2D eigenvalue weighted by atomic mass is 10.1. The Morgan fingerprint density at radius 3 is 2.49 bits per heavy atom. The summed E-state index contributed by atoms with van der Waals surface area (Å²) in [5.74, 6) is 1.11. The summed E-state index contributed by atoms with van der Waals surface area (Å²) in [6, 6.07) is 14.5. The highest BCUT2D eigenvalue weighted by Crippen LogP contribution is 2.21. The van der Waals surface area contributed by atoms with Gasteiger partial charge in [-0.05, 0) is 48.4 Å². The minimum absolute atomic E-state index is 0.109. The number of carbonyl (C=O) groups excluding carboxylic acids is 2. The van der Waals surface area contributed by atoms with Crippen LogP contribution in [0.1, 0.15) is 12.0 Å². The summed E-state index contributed by atoms with van der Waals surface area (Å²) in [4.78, 5) is 26.4. The van der Waals surface area contributed by atoms with Crippen molar-refractivity contribution in [3.05, 3.63) is 59.1 Å². The minimum Gasteiger partial charge on any atom is -0.494 e. The molecular weight excluding hydrogens is 474 g/mol. The highest BCUT2D eigenvalue weighted by molar-refractivity contribution is 6.30. The van der Waals surface area contributed by atoms with E-state index in [1.165, 1.54) is 4.90 Å². The molecule has 9 nitrogen and oxygen atoms in total. The second kappa shape index (κ2) is 11.7. The van der Waals surface area contributed by atoms with Gasteiger partial charge in [-0.1, -0.05) is 23.7 Å². The summed E-state index contributed by atoms with van der Waals surface area (Å²) < 4.78 is 17.2. The molecule has 188 valence electrons. The molecular formula is C25H30ClN3O6. The molecule has 0 radical (unpaired) electrons. The Morgan fingerprint density at radius 1 is 1.06 bits per heavy atom. The summed E-state index contributed by atoms with van der Waals surface area (Å²) in [6.45, 7) is 3.66. The Bertz CT molecular complexity index is 1000. The van der Waals surface area contributed by atoms with Gasteiger partial charge in [-0.25, -0.2) is 4.79 Å². The number of nitrogens with zero attached hydrogens (tertiary/aromatic N) is 2. The molecule has 2 N–H and O–H groups in total. The highest BCUT2D eigenvalue weighted by Gasteiger charge is 2.33. The van der Waals surface area contributed by atoms with Crippen LogP contribution in [0.5, 0.6) is 11.5 Å². The number of nitrogens with one attached hydrogen (secondary N) is 1. The topological polar surface area (TPSA) is 101 Å². The van der Waals surface area contributed by atoms with E-state index in [0.717, 1.165) is 11.3 Å². The monoisotopic (exact) mass is 503 g/mol. The Morgan fingerprint density at radius 2 is 1.77 bits per heavy atom. The predicted octanol–water partition coefficient (Wildman–Crippen LogP) is 2.30. The molecule has 2 saturated heterocycles. The molecule has 4 rings (SSSR count). The van der Waals surface area contributed by atoms with E-state index in [1.54, 1.807) is 24.3 Å². The van der Waals surface area contributed by atoms with Crippen molar-refractivity contribution in [2.75, 3.05) is 52.6 Å². The summed E-state index contributed by atoms with van der Waals surface area (Å²) in [5.41, 5.74) is -0.0387. The SMILES string of the molecule is O=C1CN(CCCOc2ccc(CN3CCOCC(O)(COc4ccc(Cl)cc4)C3)cc2)C(=O)N1. The van der Waals surface area contributed by atoms with Gasteiger partial charge < -0.3 is 24.2 Å². The van der Waals surface area contributed by atoms with Crippen molar-refractivity contribution in [2.24, 2.45) is 0 Å². The summed E-state index contributed by atoms with van der Waals surface area (Å²) in [7, 11) is 0. The molecule has 2 fully saturated rings. The fourth-order valence-corrected chi connectivity index (χ4v) is 4.15. The van der Waals surface area contributed by atoms with Gasteiger partial charge >= 0.3 is 6.03 Å². The molecule has 2 heterocycles. The van der Waals surface area contributed by atoms with Crippen LogP contribution >= 0.6 is 11.6 Å². The van der Waals surface area contributed by atoms with Crippen LogP contribution in [0.4, 0.5) is 4.79 Å². The average Bonchev–Trinajstić information content (AvgIpc) is 3.04. The van der Waals surface area contributed by atoms with Crippen molar-refractivity contribution in [2.45, 2.75) is 18.6 Å². The van der Waals surface area contributed by atoms with Crippen LogP contribution in [0, 0.1) is 0 Å². The lowest BCUT2D eigenvalue weighted by Crippen LogP contribution is -2.48. The van der Waals surface area contributed by atoms with Crippen LogP contribution in [0.15, 0.2) is 48.5 Å². The summed E-state index contributed by atoms with van der Waals surface area (Å²) >= 11 is 5.92. The zero-order chi connectivity index (χ0) is 24.7. The van der Waals surface area contributed by atoms with Crippen molar-refractivity contribution in [3.8, 4) is 11.5 Å². The summed E-state index contributed by atoms with van der Waals surface area (Å²) in [5, 5.41) is 14.0. The second-order valence-electron chi connectivity index (χ2n) is 8.85. The third-order valence-electron chi connectivity index (χ3n) is 5.80. The zero-order valence-corrected chi connectivity index (χ0v) is 20.2. The molecule has 0 bridgehead atoms. The van der Waals surface area contributed by atoms with Gasteiger partial charge in [0.05, 0.1) is 19.8 Å². The van der Waals surface area contributed by atoms with E-state index in [-0.39, 0.29) is 31.7 Å². The van der Waals surface area contributed by atoms with Gasteiger partial charge in [0.2, 0.25) is 5.91 Å². The number of β-amino-alcohol motifs (C(OH)–C–C–N with tert-alkyl or cyclic N) is 1. The van der Waals surface area contributed by atoms with Gasteiger partial charge in [0.1, 0.15) is 30.3 Å². The molecule has 10 heteroatoms. The van der Waals surface area contributed by atoms with Crippen molar-refractivity contribution >= 4 is 23.5 Å². The Balaban J connectivity index is 1.22. The largest absolute Gasteiger partial charge is 0.494 e. The van der Waals surface area contributed by atoms with Crippen LogP contribution < -0.4 is 14.8 Å². The lowest BCUT2D eigenvalue weighted by Gasteiger charge is -2.30. The first-order valence-corrected chi connectivity index (χ1v) is 12.0. The molecule has 1 unspecified atom stereocenters. The first-order chi connectivity index (χ1) is 16.9. The van der Waals surface area contributed by atoms with Crippen molar-refractivity contribution in [1.29, 1.82) is 0 Å². The Hall–Kier alpha value is -2.85. The molecule has 2 aliphatic rings. The number of benzene rings is 2. The number of halogens is 1. The molecule has 0 spiro atoms. The van der Waals surface area contributed by atoms with E-state index in [4.69, 9.17) is 25.8 Å². The standard InChI is InChI=1S/C25H30ClN3O6/c26-20-4-8-22(9-5-20)35-18-25(32)16-28(11-13-33-17-25)14-19-2-6-21(7-3-19)34-12-1-10-29-15-23(30)27-24(29)31/h2-9,32H,1,10-18H2,(H,27,30,31). The van der Waals surface area contributed by atoms with E-state index in [0.29, 0.717) is 56.6 Å². The maximum absolute atomic E-state index is 11.5. The highest BCUT2D eigenvalue weighted by atomic mass is 35.5. The summed E-state index contributed by atoms with van der Waals surface area (Å²) in [6.07, 6.45) is 0.632. The van der Waals surface area contributed by atoms with Gasteiger partial charge in [-0.3, -0.25) is 15.0 Å². The van der Waals surface area contributed by atoms with Gasteiger partial charge in [-0.15, -0.1) is 0 Å². The van der Waals surface area contributed by atoms with E-state index >= 15 is 0 Å². The third kappa shape index (κ3) is 7.57. The smallest absolute Gasteiger partial charge is 0.324 e. The van der Waals surface area contributed by atoms with Crippen molar-refractivity contribution < 1.29 is 28.9 Å². The molecule has 2 aliphatic heterocycles. The minimum atomic E-state index is -1.13. The normalized spacial score (nSPS) is 21.0. The molecule has 2 aromatic rings. The number of urea groups is 1. The van der Waals surface area contributed by atoms with E-state index in [1.807, 2.05) is 24.3 Å². The molecule has 3 amide bonds. The molecule has 0 aliphatic carbocycles. The number of amides is 3. The fourth-order valence-electron chi connectivity index (χ4n) is 4.03. The molecule has 0 aromatic heterocycles. The fraction of sp³-hybridized carbons (Fsp3) is 0.440. The number of hydrogen-bond acceptors (Lipinski definition) is 7. The van der Waals surface area contributed by atoms with Crippen LogP contribution in [-0.4, -0.2) is 85.1 Å². The molecule has 1 atom stereocenters. The van der Waals surface area contributed by atoms with Crippen molar-refractivity contribution in [1.82, 2.24) is 15.1 Å². The van der Waals surface area contributed by atoms with E-state index in [2.05, 4.69) is 10.2 Å². The maximum Gasteiger partial charge on any atom is 0.324 e. The van der Waals surface area contributed by atoms with Crippen LogP contribution in [0.2, 0.25) is 5.02 Å². The second-order valence-corrected chi connectivity index (χ2v) is 9.29. The zero-order valence-electron chi connectivity index (χ0n) is 19.5. The van der Waals surface area contributed by atoms with Gasteiger partial charge in [0.15, 0.2) is 0 Å². The first kappa shape index (κ1) is 25.2. The number of imide groups is 1.